The van der Waals surface area contributed by atoms with Crippen molar-refractivity contribution in [1.29, 1.82) is 0 Å². The molecule has 5 heteroatoms. The molecule has 3 rings (SSSR count). The number of ether oxygens (including phenoxy) is 2. The number of rotatable bonds is 4. The number of carboxylic acids is 1. The summed E-state index contributed by atoms with van der Waals surface area (Å²) in [6.07, 6.45) is 4.30. The monoisotopic (exact) mass is 348 g/mol. The van der Waals surface area contributed by atoms with E-state index in [1.807, 2.05) is 19.1 Å². The van der Waals surface area contributed by atoms with Gasteiger partial charge in [-0.25, -0.2) is 4.79 Å². The maximum atomic E-state index is 11.7. The molecular formula is C19H24O4S. The molecular weight excluding hydrogens is 324 g/mol. The summed E-state index contributed by atoms with van der Waals surface area (Å²) in [5.41, 5.74) is 1.24. The number of thiophene rings is 1. The Hall–Kier alpha value is -1.75. The van der Waals surface area contributed by atoms with Gasteiger partial charge in [-0.15, -0.1) is 11.3 Å². The summed E-state index contributed by atoms with van der Waals surface area (Å²) in [7, 11) is 1.63. The van der Waals surface area contributed by atoms with Crippen molar-refractivity contribution in [3.8, 4) is 11.5 Å². The van der Waals surface area contributed by atoms with Crippen LogP contribution < -0.4 is 9.47 Å². The highest BCUT2D eigenvalue weighted by Gasteiger charge is 2.31. The Morgan fingerprint density at radius 3 is 2.75 bits per heavy atom. The fourth-order valence-corrected chi connectivity index (χ4v) is 4.63. The predicted molar refractivity (Wildman–Crippen MR) is 96.7 cm³/mol. The number of carboxylic acid groups (broad SMARTS) is 1. The van der Waals surface area contributed by atoms with Crippen molar-refractivity contribution in [1.82, 2.24) is 0 Å². The van der Waals surface area contributed by atoms with E-state index in [9.17, 15) is 9.90 Å². The molecule has 1 aromatic carbocycles. The first kappa shape index (κ1) is 17.1. The normalized spacial score (nSPS) is 20.1. The topological polar surface area (TPSA) is 55.8 Å². The van der Waals surface area contributed by atoms with Crippen LogP contribution >= 0.6 is 11.3 Å². The van der Waals surface area contributed by atoms with Crippen molar-refractivity contribution in [3.05, 3.63) is 22.6 Å². The maximum absolute atomic E-state index is 11.7. The Morgan fingerprint density at radius 2 is 2.12 bits per heavy atom. The molecule has 0 spiro atoms. The fourth-order valence-electron chi connectivity index (χ4n) is 3.58. The molecule has 130 valence electrons. The number of aromatic carboxylic acids is 1. The van der Waals surface area contributed by atoms with Gasteiger partial charge in [0.1, 0.15) is 5.75 Å². The van der Waals surface area contributed by atoms with Crippen LogP contribution in [0.3, 0.4) is 0 Å². The fraction of sp³-hybridized carbons (Fsp3) is 0.526. The first-order valence-corrected chi connectivity index (χ1v) is 9.13. The molecule has 4 nitrogen and oxygen atoms in total. The highest BCUT2D eigenvalue weighted by molar-refractivity contribution is 7.21. The molecule has 1 heterocycles. The van der Waals surface area contributed by atoms with E-state index < -0.39 is 5.97 Å². The molecule has 1 aliphatic rings. The summed E-state index contributed by atoms with van der Waals surface area (Å²) in [6, 6.07) is 3.87. The number of fused-ring (bicyclic) bond motifs is 1. The molecule has 1 saturated carbocycles. The van der Waals surface area contributed by atoms with Gasteiger partial charge in [-0.2, -0.15) is 0 Å². The van der Waals surface area contributed by atoms with E-state index in [2.05, 4.69) is 13.8 Å². The van der Waals surface area contributed by atoms with E-state index in [-0.39, 0.29) is 16.4 Å². The smallest absolute Gasteiger partial charge is 0.349 e. The number of methoxy groups -OCH3 is 1. The summed E-state index contributed by atoms with van der Waals surface area (Å²) in [5, 5.41) is 10.4. The Bertz CT molecular complexity index is 775. The van der Waals surface area contributed by atoms with E-state index in [4.69, 9.17) is 9.47 Å². The number of aryl methyl sites for hydroxylation is 1. The third-order valence-electron chi connectivity index (χ3n) is 4.80. The number of carbonyl (C=O) groups is 1. The van der Waals surface area contributed by atoms with Gasteiger partial charge in [0.15, 0.2) is 10.6 Å². The van der Waals surface area contributed by atoms with E-state index in [0.29, 0.717) is 5.75 Å². The van der Waals surface area contributed by atoms with Crippen LogP contribution in [0.1, 0.15) is 54.8 Å². The van der Waals surface area contributed by atoms with Gasteiger partial charge >= 0.3 is 5.97 Å². The zero-order valence-electron chi connectivity index (χ0n) is 14.6. The lowest BCUT2D eigenvalue weighted by Gasteiger charge is -2.35. The molecule has 1 aromatic heterocycles. The lowest BCUT2D eigenvalue weighted by molar-refractivity contribution is 0.0675. The standard InChI is InChI=1S/C19H24O4S/c1-11-8-15-13(9-14(11)22-4)16(17(24-15)18(20)21)23-12-6-5-7-19(2,3)10-12/h8-9,12H,5-7,10H2,1-4H3,(H,20,21). The van der Waals surface area contributed by atoms with Crippen LogP contribution in [0, 0.1) is 12.3 Å². The van der Waals surface area contributed by atoms with Crippen molar-refractivity contribution in [2.24, 2.45) is 5.41 Å². The second-order valence-electron chi connectivity index (χ2n) is 7.38. The SMILES string of the molecule is COc1cc2c(OC3CCCC(C)(C)C3)c(C(=O)O)sc2cc1C. The average Bonchev–Trinajstić information content (AvgIpc) is 2.83. The lowest BCUT2D eigenvalue weighted by Crippen LogP contribution is -2.30. The van der Waals surface area contributed by atoms with E-state index in [0.717, 1.165) is 40.7 Å². The summed E-state index contributed by atoms with van der Waals surface area (Å²) in [5.74, 6) is 0.326. The Kier molecular flexibility index (Phi) is 4.47. The van der Waals surface area contributed by atoms with Crippen molar-refractivity contribution in [3.63, 3.8) is 0 Å². The highest BCUT2D eigenvalue weighted by atomic mass is 32.1. The van der Waals surface area contributed by atoms with Gasteiger partial charge in [-0.05, 0) is 55.7 Å². The predicted octanol–water partition coefficient (Wildman–Crippen LogP) is 5.26. The molecule has 2 aromatic rings. The first-order valence-electron chi connectivity index (χ1n) is 8.32. The third kappa shape index (κ3) is 3.22. The molecule has 1 aliphatic carbocycles. The largest absolute Gasteiger partial charge is 0.496 e. The molecule has 24 heavy (non-hydrogen) atoms. The minimum absolute atomic E-state index is 0.0666. The van der Waals surface area contributed by atoms with Crippen molar-refractivity contribution in [2.45, 2.75) is 52.6 Å². The molecule has 0 bridgehead atoms. The second-order valence-corrected chi connectivity index (χ2v) is 8.44. The van der Waals surface area contributed by atoms with Gasteiger partial charge in [0, 0.05) is 10.1 Å². The van der Waals surface area contributed by atoms with Crippen molar-refractivity contribution in [2.75, 3.05) is 7.11 Å². The average molecular weight is 348 g/mol. The lowest BCUT2D eigenvalue weighted by atomic mass is 9.76. The molecule has 0 aliphatic heterocycles. The summed E-state index contributed by atoms with van der Waals surface area (Å²) < 4.78 is 12.6. The molecule has 1 unspecified atom stereocenters. The Balaban J connectivity index is 2.04. The van der Waals surface area contributed by atoms with E-state index in [1.165, 1.54) is 17.8 Å². The van der Waals surface area contributed by atoms with Gasteiger partial charge in [0.05, 0.1) is 13.2 Å². The second kappa shape index (κ2) is 6.28. The van der Waals surface area contributed by atoms with E-state index in [1.54, 1.807) is 7.11 Å². The summed E-state index contributed by atoms with van der Waals surface area (Å²) >= 11 is 1.27. The van der Waals surface area contributed by atoms with Crippen LogP contribution in [-0.2, 0) is 0 Å². The van der Waals surface area contributed by atoms with Crippen LogP contribution in [-0.4, -0.2) is 24.3 Å². The summed E-state index contributed by atoms with van der Waals surface area (Å²) in [4.78, 5) is 12.0. The van der Waals surface area contributed by atoms with Gasteiger partial charge in [-0.1, -0.05) is 13.8 Å². The van der Waals surface area contributed by atoms with Crippen LogP contribution in [0.5, 0.6) is 11.5 Å². The van der Waals surface area contributed by atoms with Crippen LogP contribution in [0.4, 0.5) is 0 Å². The van der Waals surface area contributed by atoms with E-state index >= 15 is 0 Å². The van der Waals surface area contributed by atoms with Crippen LogP contribution in [0.15, 0.2) is 12.1 Å². The molecule has 0 amide bonds. The van der Waals surface area contributed by atoms with Crippen molar-refractivity contribution < 1.29 is 19.4 Å². The zero-order valence-corrected chi connectivity index (χ0v) is 15.5. The number of benzene rings is 1. The molecule has 1 N–H and O–H groups in total. The number of hydrogen-bond acceptors (Lipinski definition) is 4. The van der Waals surface area contributed by atoms with Gasteiger partial charge in [-0.3, -0.25) is 0 Å². The molecule has 0 radical (unpaired) electrons. The molecule has 1 fully saturated rings. The third-order valence-corrected chi connectivity index (χ3v) is 5.92. The number of hydrogen-bond donors (Lipinski definition) is 1. The first-order chi connectivity index (χ1) is 11.3. The highest BCUT2D eigenvalue weighted by Crippen LogP contribution is 2.44. The van der Waals surface area contributed by atoms with Gasteiger partial charge < -0.3 is 14.6 Å². The minimum Gasteiger partial charge on any atom is -0.496 e. The zero-order chi connectivity index (χ0) is 17.5. The van der Waals surface area contributed by atoms with Gasteiger partial charge in [0.2, 0.25) is 0 Å². The Morgan fingerprint density at radius 1 is 1.38 bits per heavy atom. The molecule has 0 saturated heterocycles. The van der Waals surface area contributed by atoms with Crippen LogP contribution in [0.25, 0.3) is 10.1 Å². The summed E-state index contributed by atoms with van der Waals surface area (Å²) in [6.45, 7) is 6.46. The minimum atomic E-state index is -0.933. The quantitative estimate of drug-likeness (QED) is 0.818. The molecule has 1 atom stereocenters. The van der Waals surface area contributed by atoms with Crippen LogP contribution in [0.2, 0.25) is 0 Å². The van der Waals surface area contributed by atoms with Crippen molar-refractivity contribution >= 4 is 27.4 Å². The Labute approximate surface area is 146 Å². The maximum Gasteiger partial charge on any atom is 0.349 e. The van der Waals surface area contributed by atoms with Gasteiger partial charge in [0.25, 0.3) is 0 Å².